The molecule has 4 aromatic rings. The number of hydrogen-bond donors (Lipinski definition) is 1. The van der Waals surface area contributed by atoms with Gasteiger partial charge in [0.15, 0.2) is 5.11 Å². The van der Waals surface area contributed by atoms with Crippen LogP contribution in [0, 0.1) is 0 Å². The monoisotopic (exact) mass is 492 g/mol. The Morgan fingerprint density at radius 3 is 2.43 bits per heavy atom. The van der Waals surface area contributed by atoms with E-state index in [9.17, 15) is 13.2 Å². The summed E-state index contributed by atoms with van der Waals surface area (Å²) in [6.45, 7) is 2.10. The predicted molar refractivity (Wildman–Crippen MR) is 135 cm³/mol. The van der Waals surface area contributed by atoms with E-state index in [-0.39, 0.29) is 12.1 Å². The summed E-state index contributed by atoms with van der Waals surface area (Å²) in [4.78, 5) is 6.57. The fraction of sp³-hybridized carbons (Fsp3) is 0.185. The van der Waals surface area contributed by atoms with Gasteiger partial charge in [-0.1, -0.05) is 31.2 Å². The molecule has 3 heterocycles. The van der Waals surface area contributed by atoms with Crippen LogP contribution >= 0.6 is 12.2 Å². The number of nitrogens with one attached hydrogen (secondary N) is 1. The maximum Gasteiger partial charge on any atom is 0.416 e. The second kappa shape index (κ2) is 9.19. The predicted octanol–water partition coefficient (Wildman–Crippen LogP) is 6.63. The normalized spacial score (nSPS) is 18.1. The molecule has 35 heavy (non-hydrogen) atoms. The van der Waals surface area contributed by atoms with Gasteiger partial charge in [0.05, 0.1) is 17.3 Å². The topological polar surface area (TPSA) is 33.1 Å². The van der Waals surface area contributed by atoms with Crippen LogP contribution in [0.5, 0.6) is 0 Å². The lowest BCUT2D eigenvalue weighted by molar-refractivity contribution is -0.137. The maximum absolute atomic E-state index is 13.4. The molecule has 1 aliphatic heterocycles. The van der Waals surface area contributed by atoms with Crippen LogP contribution in [0.2, 0.25) is 0 Å². The number of aromatic nitrogens is 2. The summed E-state index contributed by atoms with van der Waals surface area (Å²) in [5.41, 5.74) is 3.44. The third kappa shape index (κ3) is 4.41. The van der Waals surface area contributed by atoms with E-state index in [0.29, 0.717) is 10.8 Å². The molecular weight excluding hydrogens is 469 g/mol. The molecule has 1 N–H and O–H groups in total. The number of benzene rings is 2. The van der Waals surface area contributed by atoms with Gasteiger partial charge in [0.25, 0.3) is 0 Å². The highest BCUT2D eigenvalue weighted by Gasteiger charge is 2.42. The highest BCUT2D eigenvalue weighted by atomic mass is 32.1. The number of anilines is 1. The number of thiocarbonyl (C=S) groups is 1. The summed E-state index contributed by atoms with van der Waals surface area (Å²) < 4.78 is 42.1. The number of hydrogen-bond acceptors (Lipinski definition) is 2. The minimum Gasteiger partial charge on any atom is -0.351 e. The van der Waals surface area contributed by atoms with Crippen molar-refractivity contribution < 1.29 is 13.2 Å². The van der Waals surface area contributed by atoms with Crippen molar-refractivity contribution in [1.29, 1.82) is 0 Å². The highest BCUT2D eigenvalue weighted by molar-refractivity contribution is 7.80. The lowest BCUT2D eigenvalue weighted by atomic mass is 10.0. The first kappa shape index (κ1) is 23.1. The second-order valence-corrected chi connectivity index (χ2v) is 8.75. The number of rotatable bonds is 5. The molecule has 5 rings (SSSR count). The Hall–Kier alpha value is -3.65. The van der Waals surface area contributed by atoms with Gasteiger partial charge in [-0.3, -0.25) is 4.98 Å². The maximum atomic E-state index is 13.4. The molecular formula is C27H23F3N4S. The SMILES string of the molecule is CCc1ccc(N2C(=S)N[C@H](c3ccccn3)[C@H]2c2cccn2-c2cccc(C(F)(F)F)c2)cc1. The number of aryl methyl sites for hydroxylation is 1. The largest absolute Gasteiger partial charge is 0.416 e. The first-order chi connectivity index (χ1) is 16.9. The minimum absolute atomic E-state index is 0.297. The Labute approximate surface area is 207 Å². The van der Waals surface area contributed by atoms with Crippen molar-refractivity contribution in [2.24, 2.45) is 0 Å². The standard InChI is InChI=1S/C27H23F3N4S/c1-2-18-11-13-20(14-12-18)34-25(24(32-26(34)35)22-9-3-4-15-31-22)23-10-6-16-33(23)21-8-5-7-19(17-21)27(28,29)30/h3-17,24-25H,2H2,1H3,(H,32,35)/t24-,25-/m1/s1. The average molecular weight is 493 g/mol. The fourth-order valence-corrected chi connectivity index (χ4v) is 4.87. The number of halogens is 3. The molecule has 1 saturated heterocycles. The molecule has 0 bridgehead atoms. The van der Waals surface area contributed by atoms with Gasteiger partial charge in [0.1, 0.15) is 6.04 Å². The van der Waals surface area contributed by atoms with Crippen LogP contribution in [0.4, 0.5) is 18.9 Å². The minimum atomic E-state index is -4.43. The van der Waals surface area contributed by atoms with Crippen LogP contribution in [0.15, 0.2) is 91.3 Å². The van der Waals surface area contributed by atoms with Crippen LogP contribution < -0.4 is 10.2 Å². The Kier molecular flexibility index (Phi) is 6.06. The van der Waals surface area contributed by atoms with Crippen molar-refractivity contribution in [3.63, 3.8) is 0 Å². The van der Waals surface area contributed by atoms with E-state index in [4.69, 9.17) is 12.2 Å². The van der Waals surface area contributed by atoms with Crippen molar-refractivity contribution in [1.82, 2.24) is 14.9 Å². The second-order valence-electron chi connectivity index (χ2n) is 8.37. The van der Waals surface area contributed by atoms with E-state index >= 15 is 0 Å². The fourth-order valence-electron chi connectivity index (χ4n) is 4.53. The summed E-state index contributed by atoms with van der Waals surface area (Å²) in [6, 6.07) is 22.3. The molecule has 4 nitrogen and oxygen atoms in total. The van der Waals surface area contributed by atoms with Gasteiger partial charge in [-0.15, -0.1) is 0 Å². The zero-order chi connectivity index (χ0) is 24.6. The Morgan fingerprint density at radius 2 is 1.74 bits per heavy atom. The third-order valence-corrected chi connectivity index (χ3v) is 6.57. The molecule has 2 atom stereocenters. The molecule has 0 saturated carbocycles. The van der Waals surface area contributed by atoms with Crippen molar-refractivity contribution in [3.8, 4) is 5.69 Å². The van der Waals surface area contributed by atoms with Crippen LogP contribution in [0.1, 0.15) is 41.5 Å². The molecule has 0 spiro atoms. The molecule has 0 unspecified atom stereocenters. The van der Waals surface area contributed by atoms with Crippen LogP contribution in [-0.4, -0.2) is 14.7 Å². The Balaban J connectivity index is 1.64. The van der Waals surface area contributed by atoms with Gasteiger partial charge in [0.2, 0.25) is 0 Å². The average Bonchev–Trinajstić information content (AvgIpc) is 3.48. The summed E-state index contributed by atoms with van der Waals surface area (Å²) in [7, 11) is 0. The molecule has 0 radical (unpaired) electrons. The summed E-state index contributed by atoms with van der Waals surface area (Å²) in [6.07, 6.45) is -0.00751. The van der Waals surface area contributed by atoms with E-state index in [0.717, 1.165) is 29.6 Å². The summed E-state index contributed by atoms with van der Waals surface area (Å²) >= 11 is 5.77. The molecule has 0 aliphatic carbocycles. The van der Waals surface area contributed by atoms with E-state index in [1.54, 1.807) is 23.0 Å². The van der Waals surface area contributed by atoms with Gasteiger partial charge in [-0.2, -0.15) is 13.2 Å². The van der Waals surface area contributed by atoms with Crippen molar-refractivity contribution in [3.05, 3.63) is 114 Å². The first-order valence-electron chi connectivity index (χ1n) is 11.3. The van der Waals surface area contributed by atoms with E-state index in [1.807, 2.05) is 47.4 Å². The molecule has 8 heteroatoms. The molecule has 178 valence electrons. The van der Waals surface area contributed by atoms with Gasteiger partial charge >= 0.3 is 6.18 Å². The smallest absolute Gasteiger partial charge is 0.351 e. The molecule has 1 aliphatic rings. The zero-order valence-corrected chi connectivity index (χ0v) is 19.7. The van der Waals surface area contributed by atoms with Gasteiger partial charge in [-0.05, 0) is 78.8 Å². The number of pyridine rings is 1. The van der Waals surface area contributed by atoms with Crippen LogP contribution in [0.25, 0.3) is 5.69 Å². The molecule has 1 fully saturated rings. The van der Waals surface area contributed by atoms with Gasteiger partial charge in [-0.25, -0.2) is 0 Å². The van der Waals surface area contributed by atoms with E-state index in [2.05, 4.69) is 29.4 Å². The quantitative estimate of drug-likeness (QED) is 0.317. The Bertz CT molecular complexity index is 1330. The highest BCUT2D eigenvalue weighted by Crippen LogP contribution is 2.42. The van der Waals surface area contributed by atoms with Gasteiger partial charge in [0, 0.05) is 29.5 Å². The van der Waals surface area contributed by atoms with Crippen molar-refractivity contribution in [2.75, 3.05) is 4.90 Å². The Morgan fingerprint density at radius 1 is 0.943 bits per heavy atom. The first-order valence-corrected chi connectivity index (χ1v) is 11.7. The number of alkyl halides is 3. The van der Waals surface area contributed by atoms with E-state index < -0.39 is 11.7 Å². The molecule has 0 amide bonds. The van der Waals surface area contributed by atoms with E-state index in [1.165, 1.54) is 17.7 Å². The summed E-state index contributed by atoms with van der Waals surface area (Å²) in [5, 5.41) is 3.94. The molecule has 2 aromatic carbocycles. The van der Waals surface area contributed by atoms with Crippen LogP contribution in [0.3, 0.4) is 0 Å². The van der Waals surface area contributed by atoms with Crippen LogP contribution in [-0.2, 0) is 12.6 Å². The zero-order valence-electron chi connectivity index (χ0n) is 18.9. The van der Waals surface area contributed by atoms with Crippen molar-refractivity contribution >= 4 is 23.0 Å². The summed E-state index contributed by atoms with van der Waals surface area (Å²) in [5.74, 6) is 0. The third-order valence-electron chi connectivity index (χ3n) is 6.26. The number of nitrogens with zero attached hydrogens (tertiary/aromatic N) is 3. The lowest BCUT2D eigenvalue weighted by Crippen LogP contribution is -2.30. The van der Waals surface area contributed by atoms with Crippen molar-refractivity contribution in [2.45, 2.75) is 31.6 Å². The lowest BCUT2D eigenvalue weighted by Gasteiger charge is -2.29. The molecule has 2 aromatic heterocycles. The van der Waals surface area contributed by atoms with Gasteiger partial charge < -0.3 is 14.8 Å².